The van der Waals surface area contributed by atoms with Gasteiger partial charge in [-0.15, -0.1) is 0 Å². The number of aliphatic hydroxyl groups excluding tert-OH is 3. The first kappa shape index (κ1) is 13.0. The highest BCUT2D eigenvalue weighted by molar-refractivity contribution is 5.26. The Morgan fingerprint density at radius 3 is 2.28 bits per heavy atom. The van der Waals surface area contributed by atoms with Crippen LogP contribution in [0.5, 0.6) is 5.75 Å². The lowest BCUT2D eigenvalue weighted by Crippen LogP contribution is -2.51. The molecule has 0 radical (unpaired) electrons. The van der Waals surface area contributed by atoms with Gasteiger partial charge in [-0.1, -0.05) is 24.3 Å². The van der Waals surface area contributed by atoms with Crippen LogP contribution in [-0.2, 0) is 6.54 Å². The van der Waals surface area contributed by atoms with Crippen LogP contribution in [0.15, 0.2) is 36.4 Å². The van der Waals surface area contributed by atoms with Crippen LogP contribution in [0.1, 0.15) is 5.56 Å². The van der Waals surface area contributed by atoms with Gasteiger partial charge in [0.05, 0.1) is 6.04 Å². The van der Waals surface area contributed by atoms with Crippen molar-refractivity contribution in [3.63, 3.8) is 0 Å². The van der Waals surface area contributed by atoms with Crippen molar-refractivity contribution < 1.29 is 20.4 Å². The fourth-order valence-electron chi connectivity index (χ4n) is 1.91. The van der Waals surface area contributed by atoms with E-state index in [9.17, 15) is 15.3 Å². The van der Waals surface area contributed by atoms with Crippen molar-refractivity contribution in [3.8, 4) is 5.75 Å². The molecule has 2 rings (SSSR count). The van der Waals surface area contributed by atoms with Gasteiger partial charge in [0.15, 0.2) is 0 Å². The predicted octanol–water partition coefficient (Wildman–Crippen LogP) is -0.497. The molecule has 0 fully saturated rings. The molecule has 0 unspecified atom stereocenters. The first-order valence-corrected chi connectivity index (χ1v) is 5.82. The molecule has 0 aromatic heterocycles. The zero-order chi connectivity index (χ0) is 13.1. The van der Waals surface area contributed by atoms with Gasteiger partial charge in [-0.2, -0.15) is 0 Å². The topological polar surface area (TPSA) is 93.0 Å². The van der Waals surface area contributed by atoms with E-state index in [1.54, 1.807) is 30.3 Å². The summed E-state index contributed by atoms with van der Waals surface area (Å²) in [7, 11) is 0. The van der Waals surface area contributed by atoms with E-state index in [0.717, 1.165) is 5.56 Å². The van der Waals surface area contributed by atoms with E-state index in [-0.39, 0.29) is 5.75 Å². The molecule has 1 aromatic rings. The summed E-state index contributed by atoms with van der Waals surface area (Å²) in [6.07, 6.45) is -0.130. The second-order valence-corrected chi connectivity index (χ2v) is 4.43. The highest BCUT2D eigenvalue weighted by atomic mass is 16.4. The van der Waals surface area contributed by atoms with Gasteiger partial charge in [-0.05, 0) is 17.7 Å². The molecule has 1 aliphatic carbocycles. The molecule has 0 spiro atoms. The summed E-state index contributed by atoms with van der Waals surface area (Å²) in [6.45, 7) is 0.495. The van der Waals surface area contributed by atoms with Gasteiger partial charge in [-0.25, -0.2) is 0 Å². The summed E-state index contributed by atoms with van der Waals surface area (Å²) in [5, 5.41) is 40.8. The van der Waals surface area contributed by atoms with Crippen LogP contribution in [-0.4, -0.2) is 44.8 Å². The lowest BCUT2D eigenvalue weighted by molar-refractivity contribution is -0.0567. The second-order valence-electron chi connectivity index (χ2n) is 4.43. The number of aromatic hydroxyl groups is 1. The molecule has 98 valence electrons. The average molecular weight is 251 g/mol. The smallest absolute Gasteiger partial charge is 0.115 e. The Morgan fingerprint density at radius 2 is 1.61 bits per heavy atom. The predicted molar refractivity (Wildman–Crippen MR) is 65.9 cm³/mol. The molecular weight excluding hydrogens is 234 g/mol. The molecule has 0 heterocycles. The fraction of sp³-hybridized carbons (Fsp3) is 0.385. The van der Waals surface area contributed by atoms with Crippen LogP contribution in [0.3, 0.4) is 0 Å². The lowest BCUT2D eigenvalue weighted by atomic mass is 9.94. The van der Waals surface area contributed by atoms with Gasteiger partial charge in [0.25, 0.3) is 0 Å². The SMILES string of the molecule is Oc1ccc(CN[C@@H]2C=C[C@@H](O)[C@H](O)[C@H]2O)cc1. The quantitative estimate of drug-likeness (QED) is 0.467. The number of phenolic OH excluding ortho intramolecular Hbond substituents is 1. The maximum atomic E-state index is 9.77. The standard InChI is InChI=1S/C13H17NO4/c15-9-3-1-8(2-4-9)7-14-10-5-6-11(16)13(18)12(10)17/h1-6,10-18H,7H2/t10-,11-,12+,13+/m1/s1. The first-order chi connectivity index (χ1) is 8.58. The second kappa shape index (κ2) is 5.49. The average Bonchev–Trinajstić information content (AvgIpc) is 2.37. The van der Waals surface area contributed by atoms with Gasteiger partial charge in [-0.3, -0.25) is 0 Å². The lowest BCUT2D eigenvalue weighted by Gasteiger charge is -2.31. The van der Waals surface area contributed by atoms with E-state index < -0.39 is 24.4 Å². The summed E-state index contributed by atoms with van der Waals surface area (Å²) < 4.78 is 0. The van der Waals surface area contributed by atoms with Gasteiger partial charge in [0.2, 0.25) is 0 Å². The minimum atomic E-state index is -1.17. The van der Waals surface area contributed by atoms with Crippen molar-refractivity contribution in [1.29, 1.82) is 0 Å². The van der Waals surface area contributed by atoms with Crippen LogP contribution >= 0.6 is 0 Å². The number of phenols is 1. The molecular formula is C13H17NO4. The monoisotopic (exact) mass is 251 g/mol. The van der Waals surface area contributed by atoms with Crippen LogP contribution in [0.2, 0.25) is 0 Å². The number of benzene rings is 1. The number of hydrogen-bond donors (Lipinski definition) is 5. The van der Waals surface area contributed by atoms with Crippen molar-refractivity contribution in [2.24, 2.45) is 0 Å². The highest BCUT2D eigenvalue weighted by Crippen LogP contribution is 2.15. The van der Waals surface area contributed by atoms with Gasteiger partial charge < -0.3 is 25.7 Å². The van der Waals surface area contributed by atoms with E-state index in [0.29, 0.717) is 6.54 Å². The Hall–Kier alpha value is -1.40. The fourth-order valence-corrected chi connectivity index (χ4v) is 1.91. The van der Waals surface area contributed by atoms with E-state index in [2.05, 4.69) is 5.32 Å². The van der Waals surface area contributed by atoms with E-state index in [1.165, 1.54) is 6.08 Å². The van der Waals surface area contributed by atoms with Crippen molar-refractivity contribution in [2.45, 2.75) is 30.9 Å². The molecule has 0 saturated carbocycles. The third kappa shape index (κ3) is 2.88. The van der Waals surface area contributed by atoms with Crippen LogP contribution in [0.25, 0.3) is 0 Å². The number of nitrogens with one attached hydrogen (secondary N) is 1. The Labute approximate surface area is 105 Å². The van der Waals surface area contributed by atoms with E-state index in [1.807, 2.05) is 0 Å². The maximum Gasteiger partial charge on any atom is 0.115 e. The summed E-state index contributed by atoms with van der Waals surface area (Å²) in [4.78, 5) is 0. The zero-order valence-electron chi connectivity index (χ0n) is 9.77. The number of hydrogen-bond acceptors (Lipinski definition) is 5. The first-order valence-electron chi connectivity index (χ1n) is 5.82. The normalized spacial score (nSPS) is 31.5. The van der Waals surface area contributed by atoms with Gasteiger partial charge >= 0.3 is 0 Å². The van der Waals surface area contributed by atoms with Crippen LogP contribution in [0, 0.1) is 0 Å². The maximum absolute atomic E-state index is 9.77. The summed E-state index contributed by atoms with van der Waals surface area (Å²) in [6, 6.07) is 6.31. The molecule has 5 nitrogen and oxygen atoms in total. The Morgan fingerprint density at radius 1 is 0.944 bits per heavy atom. The minimum absolute atomic E-state index is 0.204. The molecule has 0 bridgehead atoms. The van der Waals surface area contributed by atoms with Gasteiger partial charge in [0, 0.05) is 6.54 Å². The molecule has 5 heteroatoms. The summed E-state index contributed by atoms with van der Waals surface area (Å²) in [5.41, 5.74) is 0.953. The third-order valence-electron chi connectivity index (χ3n) is 3.06. The number of aliphatic hydroxyl groups is 3. The van der Waals surface area contributed by atoms with Crippen molar-refractivity contribution in [1.82, 2.24) is 5.32 Å². The number of rotatable bonds is 3. The summed E-state index contributed by atoms with van der Waals surface area (Å²) >= 11 is 0. The van der Waals surface area contributed by atoms with Gasteiger partial charge in [0.1, 0.15) is 24.1 Å². The zero-order valence-corrected chi connectivity index (χ0v) is 9.77. The van der Waals surface area contributed by atoms with E-state index >= 15 is 0 Å². The van der Waals surface area contributed by atoms with Crippen LogP contribution < -0.4 is 5.32 Å². The molecule has 0 amide bonds. The molecule has 0 aliphatic heterocycles. The Kier molecular flexibility index (Phi) is 3.98. The summed E-state index contributed by atoms with van der Waals surface area (Å²) in [5.74, 6) is 0.204. The molecule has 1 aliphatic rings. The van der Waals surface area contributed by atoms with Crippen molar-refractivity contribution >= 4 is 0 Å². The van der Waals surface area contributed by atoms with E-state index in [4.69, 9.17) is 5.11 Å². The molecule has 4 atom stereocenters. The van der Waals surface area contributed by atoms with Crippen molar-refractivity contribution in [3.05, 3.63) is 42.0 Å². The molecule has 18 heavy (non-hydrogen) atoms. The van der Waals surface area contributed by atoms with Crippen molar-refractivity contribution in [2.75, 3.05) is 0 Å². The Balaban J connectivity index is 1.94. The minimum Gasteiger partial charge on any atom is -0.508 e. The third-order valence-corrected chi connectivity index (χ3v) is 3.06. The Bertz CT molecular complexity index is 418. The molecule has 1 aromatic carbocycles. The van der Waals surface area contributed by atoms with Crippen LogP contribution in [0.4, 0.5) is 0 Å². The molecule has 0 saturated heterocycles. The largest absolute Gasteiger partial charge is 0.508 e. The molecule has 5 N–H and O–H groups in total. The highest BCUT2D eigenvalue weighted by Gasteiger charge is 2.32.